The number of nitrogens with zero attached hydrogens (tertiary/aromatic N) is 1. The Labute approximate surface area is 216 Å². The summed E-state index contributed by atoms with van der Waals surface area (Å²) in [5.74, 6) is -0.0850. The summed E-state index contributed by atoms with van der Waals surface area (Å²) >= 11 is 0. The molecule has 1 unspecified atom stereocenters. The maximum absolute atomic E-state index is 13.5. The van der Waals surface area contributed by atoms with Crippen LogP contribution < -0.4 is 19.1 Å². The van der Waals surface area contributed by atoms with Crippen LogP contribution in [0.3, 0.4) is 0 Å². The number of ketones is 1. The Bertz CT molecular complexity index is 1390. The van der Waals surface area contributed by atoms with E-state index in [1.165, 1.54) is 4.90 Å². The number of ether oxygens (including phenoxy) is 3. The minimum absolute atomic E-state index is 0.00467. The number of rotatable bonds is 7. The fourth-order valence-corrected chi connectivity index (χ4v) is 4.81. The van der Waals surface area contributed by atoms with Gasteiger partial charge in [0.1, 0.15) is 11.5 Å². The van der Waals surface area contributed by atoms with Crippen LogP contribution in [-0.4, -0.2) is 37.6 Å². The van der Waals surface area contributed by atoms with Crippen LogP contribution >= 0.6 is 0 Å². The first-order valence-electron chi connectivity index (χ1n) is 12.0. The van der Waals surface area contributed by atoms with Gasteiger partial charge in [-0.1, -0.05) is 12.1 Å². The second-order valence-corrected chi connectivity index (χ2v) is 9.04. The zero-order valence-corrected chi connectivity index (χ0v) is 21.9. The molecule has 1 fully saturated rings. The monoisotopic (exact) mass is 501 g/mol. The molecule has 1 atom stereocenters. The zero-order valence-electron chi connectivity index (χ0n) is 21.9. The largest absolute Gasteiger partial charge is 0.507 e. The van der Waals surface area contributed by atoms with E-state index in [-0.39, 0.29) is 11.3 Å². The maximum Gasteiger partial charge on any atom is 0.300 e. The number of benzene rings is 3. The lowest BCUT2D eigenvalue weighted by molar-refractivity contribution is -0.132. The van der Waals surface area contributed by atoms with E-state index in [1.54, 1.807) is 50.6 Å². The fourth-order valence-electron chi connectivity index (χ4n) is 4.81. The molecular weight excluding hydrogens is 470 g/mol. The minimum atomic E-state index is -0.882. The van der Waals surface area contributed by atoms with Crippen LogP contribution in [0.4, 0.5) is 5.69 Å². The molecule has 0 bridgehead atoms. The summed E-state index contributed by atoms with van der Waals surface area (Å²) in [6, 6.07) is 15.3. The molecule has 1 N–H and O–H groups in total. The predicted octanol–water partition coefficient (Wildman–Crippen LogP) is 5.65. The summed E-state index contributed by atoms with van der Waals surface area (Å²) in [7, 11) is 3.11. The van der Waals surface area contributed by atoms with Crippen molar-refractivity contribution in [1.82, 2.24) is 0 Å². The molecule has 1 amide bonds. The van der Waals surface area contributed by atoms with Gasteiger partial charge in [0.25, 0.3) is 11.7 Å². The summed E-state index contributed by atoms with van der Waals surface area (Å²) in [5.41, 5.74) is 4.24. The van der Waals surface area contributed by atoms with E-state index in [2.05, 4.69) is 0 Å². The highest BCUT2D eigenvalue weighted by Crippen LogP contribution is 2.45. The smallest absolute Gasteiger partial charge is 0.300 e. The highest BCUT2D eigenvalue weighted by Gasteiger charge is 2.47. The number of hydrogen-bond donors (Lipinski definition) is 1. The molecule has 4 rings (SSSR count). The van der Waals surface area contributed by atoms with Crippen LogP contribution in [0.15, 0.2) is 60.2 Å². The summed E-state index contributed by atoms with van der Waals surface area (Å²) in [5, 5.41) is 11.5. The number of methoxy groups -OCH3 is 2. The Morgan fingerprint density at radius 1 is 0.892 bits per heavy atom. The third-order valence-corrected chi connectivity index (χ3v) is 6.42. The topological polar surface area (TPSA) is 85.3 Å². The van der Waals surface area contributed by atoms with Gasteiger partial charge in [-0.3, -0.25) is 14.5 Å². The van der Waals surface area contributed by atoms with Crippen molar-refractivity contribution in [2.24, 2.45) is 0 Å². The number of aliphatic hydroxyl groups is 1. The Morgan fingerprint density at radius 3 is 2.19 bits per heavy atom. The van der Waals surface area contributed by atoms with Crippen molar-refractivity contribution in [3.8, 4) is 17.2 Å². The second-order valence-electron chi connectivity index (χ2n) is 9.04. The van der Waals surface area contributed by atoms with Crippen molar-refractivity contribution < 1.29 is 28.9 Å². The van der Waals surface area contributed by atoms with E-state index in [9.17, 15) is 14.7 Å². The number of anilines is 1. The molecule has 1 saturated heterocycles. The summed E-state index contributed by atoms with van der Waals surface area (Å²) in [4.78, 5) is 28.5. The minimum Gasteiger partial charge on any atom is -0.507 e. The van der Waals surface area contributed by atoms with Gasteiger partial charge in [0, 0.05) is 11.3 Å². The molecule has 0 aliphatic carbocycles. The van der Waals surface area contributed by atoms with E-state index in [1.807, 2.05) is 45.9 Å². The van der Waals surface area contributed by atoms with Gasteiger partial charge in [-0.2, -0.15) is 0 Å². The number of aryl methyl sites for hydroxylation is 3. The standard InChI is InChI=1S/C30H31NO6/c1-7-37-25-16-20(8-11-24(25)36-6)27-26(28(32)23-10-9-22(35-5)15-19(23)4)29(33)30(34)31(27)21-13-17(2)12-18(3)14-21/h8-16,27,32H,7H2,1-6H3/b28-26+. The molecule has 7 heteroatoms. The first-order valence-corrected chi connectivity index (χ1v) is 12.0. The molecule has 1 heterocycles. The van der Waals surface area contributed by atoms with E-state index in [4.69, 9.17) is 14.2 Å². The van der Waals surface area contributed by atoms with Gasteiger partial charge in [0.2, 0.25) is 0 Å². The Kier molecular flexibility index (Phi) is 7.25. The molecule has 3 aromatic rings. The van der Waals surface area contributed by atoms with Gasteiger partial charge in [0.15, 0.2) is 11.5 Å². The number of carbonyl (C=O) groups excluding carboxylic acids is 2. The molecule has 7 nitrogen and oxygen atoms in total. The fraction of sp³-hybridized carbons (Fsp3) is 0.267. The molecule has 1 aliphatic heterocycles. The molecule has 0 radical (unpaired) electrons. The number of hydrogen-bond acceptors (Lipinski definition) is 6. The number of amides is 1. The molecule has 3 aromatic carbocycles. The second kappa shape index (κ2) is 10.4. The number of aliphatic hydroxyl groups excluding tert-OH is 1. The van der Waals surface area contributed by atoms with Crippen LogP contribution in [0.25, 0.3) is 5.76 Å². The van der Waals surface area contributed by atoms with Crippen molar-refractivity contribution in [1.29, 1.82) is 0 Å². The van der Waals surface area contributed by atoms with Crippen molar-refractivity contribution in [2.75, 3.05) is 25.7 Å². The van der Waals surface area contributed by atoms with Crippen molar-refractivity contribution in [3.63, 3.8) is 0 Å². The molecule has 37 heavy (non-hydrogen) atoms. The zero-order chi connectivity index (χ0) is 26.9. The Morgan fingerprint density at radius 2 is 1.59 bits per heavy atom. The first kappa shape index (κ1) is 25.8. The predicted molar refractivity (Wildman–Crippen MR) is 143 cm³/mol. The van der Waals surface area contributed by atoms with Crippen molar-refractivity contribution in [2.45, 2.75) is 33.7 Å². The first-order chi connectivity index (χ1) is 17.7. The third-order valence-electron chi connectivity index (χ3n) is 6.42. The van der Waals surface area contributed by atoms with Gasteiger partial charge in [-0.25, -0.2) is 0 Å². The Hall–Kier alpha value is -4.26. The van der Waals surface area contributed by atoms with Gasteiger partial charge in [-0.05, 0) is 92.4 Å². The van der Waals surface area contributed by atoms with Gasteiger partial charge < -0.3 is 19.3 Å². The van der Waals surface area contributed by atoms with Gasteiger partial charge in [0.05, 0.1) is 32.4 Å². The lowest BCUT2D eigenvalue weighted by Crippen LogP contribution is -2.29. The normalized spacial score (nSPS) is 16.7. The SMILES string of the molecule is CCOc1cc(C2/C(=C(\O)c3ccc(OC)cc3C)C(=O)C(=O)N2c2cc(C)cc(C)c2)ccc1OC. The summed E-state index contributed by atoms with van der Waals surface area (Å²) in [6.07, 6.45) is 0. The third kappa shape index (κ3) is 4.77. The van der Waals surface area contributed by atoms with Gasteiger partial charge in [-0.15, -0.1) is 0 Å². The molecule has 0 aromatic heterocycles. The van der Waals surface area contributed by atoms with Crippen LogP contribution in [-0.2, 0) is 9.59 Å². The Balaban J connectivity index is 1.99. The summed E-state index contributed by atoms with van der Waals surface area (Å²) < 4.78 is 16.5. The van der Waals surface area contributed by atoms with Gasteiger partial charge >= 0.3 is 0 Å². The highest BCUT2D eigenvalue weighted by atomic mass is 16.5. The summed E-state index contributed by atoms with van der Waals surface area (Å²) in [6.45, 7) is 7.95. The van der Waals surface area contributed by atoms with Crippen molar-refractivity contribution in [3.05, 3.63) is 88.0 Å². The van der Waals surface area contributed by atoms with Crippen LogP contribution in [0.1, 0.15) is 40.8 Å². The number of Topliss-reactive ketones (excluding diaryl/α,β-unsaturated/α-hetero) is 1. The number of carbonyl (C=O) groups is 2. The lowest BCUT2D eigenvalue weighted by Gasteiger charge is -2.27. The highest BCUT2D eigenvalue weighted by molar-refractivity contribution is 6.51. The van der Waals surface area contributed by atoms with Crippen LogP contribution in [0.5, 0.6) is 17.2 Å². The van der Waals surface area contributed by atoms with Crippen LogP contribution in [0, 0.1) is 20.8 Å². The van der Waals surface area contributed by atoms with E-state index < -0.39 is 17.7 Å². The molecule has 192 valence electrons. The molecule has 0 spiro atoms. The maximum atomic E-state index is 13.5. The average Bonchev–Trinajstić information content (AvgIpc) is 3.13. The van der Waals surface area contributed by atoms with E-state index >= 15 is 0 Å². The van der Waals surface area contributed by atoms with Crippen LogP contribution in [0.2, 0.25) is 0 Å². The average molecular weight is 502 g/mol. The lowest BCUT2D eigenvalue weighted by atomic mass is 9.93. The molecule has 1 aliphatic rings. The van der Waals surface area contributed by atoms with E-state index in [0.717, 1.165) is 11.1 Å². The quantitative estimate of drug-likeness (QED) is 0.256. The van der Waals surface area contributed by atoms with Crippen molar-refractivity contribution >= 4 is 23.1 Å². The molecule has 0 saturated carbocycles. The molecular formula is C30H31NO6. The van der Waals surface area contributed by atoms with E-state index in [0.29, 0.717) is 46.2 Å².